The maximum absolute atomic E-state index is 10.7. The highest BCUT2D eigenvalue weighted by atomic mass is 32.2. The fraction of sp³-hybridized carbons (Fsp3) is 0.571. The molecule has 0 aromatic rings. The number of allylic oxidation sites excluding steroid dienone is 1. The zero-order chi connectivity index (χ0) is 10.3. The topological polar surface area (TPSA) is 93.2 Å². The van der Waals surface area contributed by atoms with Gasteiger partial charge in [-0.1, -0.05) is 13.3 Å². The van der Waals surface area contributed by atoms with Crippen molar-refractivity contribution in [3.05, 3.63) is 11.2 Å². The summed E-state index contributed by atoms with van der Waals surface area (Å²) in [6.07, 6.45) is 3.45. The van der Waals surface area contributed by atoms with Crippen LogP contribution in [0.25, 0.3) is 0 Å². The first-order chi connectivity index (χ1) is 6.02. The van der Waals surface area contributed by atoms with Gasteiger partial charge >= 0.3 is 0 Å². The molecule has 0 saturated heterocycles. The summed E-state index contributed by atoms with van der Waals surface area (Å²) >= 11 is 0. The van der Waals surface area contributed by atoms with Crippen LogP contribution in [0.5, 0.6) is 0 Å². The van der Waals surface area contributed by atoms with Gasteiger partial charge in [0.1, 0.15) is 11.2 Å². The fourth-order valence-electron chi connectivity index (χ4n) is 0.552. The van der Waals surface area contributed by atoms with Crippen molar-refractivity contribution in [3.63, 3.8) is 0 Å². The molecule has 0 atom stereocenters. The fourth-order valence-corrected chi connectivity index (χ4v) is 0.918. The molecule has 0 aliphatic carbocycles. The van der Waals surface area contributed by atoms with Crippen molar-refractivity contribution in [3.8, 4) is 0 Å². The van der Waals surface area contributed by atoms with E-state index in [1.54, 1.807) is 0 Å². The zero-order valence-electron chi connectivity index (χ0n) is 7.49. The van der Waals surface area contributed by atoms with Gasteiger partial charge in [-0.3, -0.25) is 0 Å². The smallest absolute Gasteiger partial charge is 0.242 e. The van der Waals surface area contributed by atoms with E-state index in [0.29, 0.717) is 12.8 Å². The molecule has 0 unspecified atom stereocenters. The number of primary sulfonamides is 1. The largest absolute Gasteiger partial charge is 0.500 e. The molecule has 5 nitrogen and oxygen atoms in total. The van der Waals surface area contributed by atoms with Crippen molar-refractivity contribution < 1.29 is 13.2 Å². The van der Waals surface area contributed by atoms with Crippen molar-refractivity contribution in [2.24, 2.45) is 5.14 Å². The Morgan fingerprint density at radius 3 is 2.62 bits per heavy atom. The molecule has 3 N–H and O–H groups in total. The lowest BCUT2D eigenvalue weighted by atomic mass is 10.4. The van der Waals surface area contributed by atoms with Crippen LogP contribution in [0, 0.1) is 5.41 Å². The lowest BCUT2D eigenvalue weighted by Gasteiger charge is -2.00. The summed E-state index contributed by atoms with van der Waals surface area (Å²) in [7, 11) is -3.81. The first-order valence-electron chi connectivity index (χ1n) is 3.87. The van der Waals surface area contributed by atoms with E-state index in [-0.39, 0.29) is 4.91 Å². The van der Waals surface area contributed by atoms with E-state index < -0.39 is 10.0 Å². The lowest BCUT2D eigenvalue weighted by Crippen LogP contribution is -2.15. The van der Waals surface area contributed by atoms with Crippen LogP contribution in [-0.4, -0.2) is 21.2 Å². The van der Waals surface area contributed by atoms with Crippen molar-refractivity contribution >= 4 is 16.2 Å². The Kier molecular flexibility index (Phi) is 5.33. The Balaban J connectivity index is 4.18. The molecular formula is C7H14N2O3S. The average molecular weight is 206 g/mol. The third kappa shape index (κ3) is 5.37. The first kappa shape index (κ1) is 12.1. The highest BCUT2D eigenvalue weighted by Crippen LogP contribution is 1.98. The van der Waals surface area contributed by atoms with Crippen molar-refractivity contribution in [1.29, 1.82) is 5.41 Å². The van der Waals surface area contributed by atoms with Crippen molar-refractivity contribution in [1.82, 2.24) is 0 Å². The molecule has 0 aromatic heterocycles. The Morgan fingerprint density at radius 2 is 2.23 bits per heavy atom. The van der Waals surface area contributed by atoms with Gasteiger partial charge in [-0.2, -0.15) is 0 Å². The summed E-state index contributed by atoms with van der Waals surface area (Å²) < 4.78 is 26.3. The number of rotatable bonds is 6. The third-order valence-corrected chi connectivity index (χ3v) is 2.16. The van der Waals surface area contributed by atoms with Gasteiger partial charge in [0.15, 0.2) is 0 Å². The number of sulfonamides is 1. The standard InChI is InChI=1S/C7H14N2O3S/c1-2-3-4-12-6-7(5-8)13(9,10)11/h5-6,8H,2-4H2,1H3,(H2,9,10,11)/b7-6-,8-5?. The predicted octanol–water partition coefficient (Wildman–Crippen LogP) is 0.583. The van der Waals surface area contributed by atoms with Gasteiger partial charge in [-0.25, -0.2) is 13.6 Å². The van der Waals surface area contributed by atoms with E-state index in [1.807, 2.05) is 6.92 Å². The number of unbranched alkanes of at least 4 members (excludes halogenated alkanes) is 1. The minimum absolute atomic E-state index is 0.316. The van der Waals surface area contributed by atoms with E-state index in [0.717, 1.165) is 19.1 Å². The molecule has 0 aromatic carbocycles. The van der Waals surface area contributed by atoms with Gasteiger partial charge in [0.05, 0.1) is 6.61 Å². The van der Waals surface area contributed by atoms with Gasteiger partial charge < -0.3 is 10.1 Å². The molecule has 0 aliphatic rings. The molecular weight excluding hydrogens is 192 g/mol. The first-order valence-corrected chi connectivity index (χ1v) is 5.42. The minimum Gasteiger partial charge on any atom is -0.500 e. The minimum atomic E-state index is -3.81. The molecule has 0 radical (unpaired) electrons. The van der Waals surface area contributed by atoms with Crippen LogP contribution in [0.2, 0.25) is 0 Å². The average Bonchev–Trinajstić information content (AvgIpc) is 2.02. The Morgan fingerprint density at radius 1 is 1.62 bits per heavy atom. The van der Waals surface area contributed by atoms with E-state index in [1.165, 1.54) is 0 Å². The molecule has 0 spiro atoms. The van der Waals surface area contributed by atoms with Crippen LogP contribution in [0.3, 0.4) is 0 Å². The van der Waals surface area contributed by atoms with Crippen molar-refractivity contribution in [2.75, 3.05) is 6.61 Å². The summed E-state index contributed by atoms with van der Waals surface area (Å²) in [4.78, 5) is -0.316. The number of nitrogens with two attached hydrogens (primary N) is 1. The van der Waals surface area contributed by atoms with E-state index in [9.17, 15) is 8.42 Å². The van der Waals surface area contributed by atoms with E-state index >= 15 is 0 Å². The SMILES string of the molecule is CCCCO/C=C(/C=N)S(N)(=O)=O. The molecule has 76 valence electrons. The second-order valence-corrected chi connectivity index (χ2v) is 4.00. The second kappa shape index (κ2) is 5.71. The highest BCUT2D eigenvalue weighted by molar-refractivity contribution is 7.93. The third-order valence-electron chi connectivity index (χ3n) is 1.29. The van der Waals surface area contributed by atoms with Crippen LogP contribution in [0.15, 0.2) is 11.2 Å². The van der Waals surface area contributed by atoms with Gasteiger partial charge in [0.2, 0.25) is 10.0 Å². The molecule has 6 heteroatoms. The lowest BCUT2D eigenvalue weighted by molar-refractivity contribution is 0.243. The Hall–Kier alpha value is -0.880. The monoisotopic (exact) mass is 206 g/mol. The van der Waals surface area contributed by atoms with E-state index in [4.69, 9.17) is 15.3 Å². The molecule has 13 heavy (non-hydrogen) atoms. The van der Waals surface area contributed by atoms with Crippen LogP contribution < -0.4 is 5.14 Å². The summed E-state index contributed by atoms with van der Waals surface area (Å²) in [6.45, 7) is 2.42. The molecule has 0 rings (SSSR count). The number of ether oxygens (including phenoxy) is 1. The molecule has 0 amide bonds. The maximum atomic E-state index is 10.7. The second-order valence-electron chi connectivity index (χ2n) is 2.43. The number of hydrogen-bond acceptors (Lipinski definition) is 4. The van der Waals surface area contributed by atoms with Gasteiger partial charge in [0, 0.05) is 6.21 Å². The number of nitrogens with one attached hydrogen (secondary N) is 1. The van der Waals surface area contributed by atoms with Crippen LogP contribution >= 0.6 is 0 Å². The summed E-state index contributed by atoms with van der Waals surface area (Å²) in [5.74, 6) is 0. The summed E-state index contributed by atoms with van der Waals surface area (Å²) in [5, 5.41) is 11.5. The van der Waals surface area contributed by atoms with Crippen LogP contribution in [0.1, 0.15) is 19.8 Å². The maximum Gasteiger partial charge on any atom is 0.242 e. The zero-order valence-corrected chi connectivity index (χ0v) is 8.30. The molecule has 0 fully saturated rings. The molecule has 0 bridgehead atoms. The van der Waals surface area contributed by atoms with E-state index in [2.05, 4.69) is 0 Å². The van der Waals surface area contributed by atoms with Gasteiger partial charge in [-0.15, -0.1) is 0 Å². The molecule has 0 saturated carbocycles. The van der Waals surface area contributed by atoms with Gasteiger partial charge in [0.25, 0.3) is 0 Å². The highest BCUT2D eigenvalue weighted by Gasteiger charge is 2.08. The summed E-state index contributed by atoms with van der Waals surface area (Å²) in [6, 6.07) is 0. The molecule has 0 aliphatic heterocycles. The molecule has 0 heterocycles. The van der Waals surface area contributed by atoms with Crippen LogP contribution in [0.4, 0.5) is 0 Å². The summed E-state index contributed by atoms with van der Waals surface area (Å²) in [5.41, 5.74) is 0. The van der Waals surface area contributed by atoms with Gasteiger partial charge in [-0.05, 0) is 6.42 Å². The van der Waals surface area contributed by atoms with Crippen LogP contribution in [-0.2, 0) is 14.8 Å². The Bertz CT molecular complexity index is 282. The predicted molar refractivity (Wildman–Crippen MR) is 50.8 cm³/mol. The normalized spacial score (nSPS) is 12.6. The quantitative estimate of drug-likeness (QED) is 0.378. The van der Waals surface area contributed by atoms with Crippen molar-refractivity contribution in [2.45, 2.75) is 19.8 Å². The Labute approximate surface area is 78.1 Å². The number of hydrogen-bond donors (Lipinski definition) is 2.